The van der Waals surface area contributed by atoms with Gasteiger partial charge < -0.3 is 5.32 Å². The molecule has 1 N–H and O–H groups in total. The summed E-state index contributed by atoms with van der Waals surface area (Å²) in [5.74, 6) is 0. The maximum absolute atomic E-state index is 12.5. The summed E-state index contributed by atoms with van der Waals surface area (Å²) in [5.41, 5.74) is -1.34. The van der Waals surface area contributed by atoms with Crippen molar-refractivity contribution in [1.82, 2.24) is 5.32 Å². The third-order valence-corrected chi connectivity index (χ3v) is 3.08. The molecule has 0 amide bonds. The molecule has 1 unspecified atom stereocenters. The summed E-state index contributed by atoms with van der Waals surface area (Å²) in [5, 5.41) is 2.95. The molecular weight excluding hydrogens is 167 g/mol. The van der Waals surface area contributed by atoms with E-state index in [4.69, 9.17) is 0 Å². The van der Waals surface area contributed by atoms with Gasteiger partial charge in [0.2, 0.25) is 0 Å². The van der Waals surface area contributed by atoms with Gasteiger partial charge in [0.1, 0.15) is 0 Å². The van der Waals surface area contributed by atoms with Gasteiger partial charge in [-0.15, -0.1) is 0 Å². The molecule has 12 heavy (non-hydrogen) atoms. The van der Waals surface area contributed by atoms with E-state index >= 15 is 0 Å². The van der Waals surface area contributed by atoms with Gasteiger partial charge in [0, 0.05) is 6.04 Å². The van der Waals surface area contributed by atoms with Crippen molar-refractivity contribution in [1.29, 1.82) is 0 Å². The lowest BCUT2D eigenvalue weighted by molar-refractivity contribution is -0.194. The predicted molar refractivity (Wildman–Crippen MR) is 38.7 cm³/mol. The molecule has 1 aliphatic heterocycles. The minimum absolute atomic E-state index is 0.294. The van der Waals surface area contributed by atoms with Crippen LogP contribution in [0.1, 0.15) is 25.7 Å². The van der Waals surface area contributed by atoms with Crippen molar-refractivity contribution in [3.63, 3.8) is 0 Å². The van der Waals surface area contributed by atoms with E-state index in [1.54, 1.807) is 0 Å². The molecule has 2 aliphatic rings. The summed E-state index contributed by atoms with van der Waals surface area (Å²) < 4.78 is 37.5. The topological polar surface area (TPSA) is 12.0 Å². The molecule has 0 spiro atoms. The SMILES string of the molecule is FC(F)(F)C1(C2CCCN2)CC1. The quantitative estimate of drug-likeness (QED) is 0.649. The molecule has 1 saturated carbocycles. The number of hydrogen-bond donors (Lipinski definition) is 1. The number of halogens is 3. The summed E-state index contributed by atoms with van der Waals surface area (Å²) in [7, 11) is 0. The van der Waals surface area contributed by atoms with Crippen molar-refractivity contribution in [2.45, 2.75) is 37.9 Å². The van der Waals surface area contributed by atoms with Gasteiger partial charge in [-0.05, 0) is 32.2 Å². The van der Waals surface area contributed by atoms with Gasteiger partial charge in [-0.25, -0.2) is 0 Å². The Morgan fingerprint density at radius 3 is 2.25 bits per heavy atom. The van der Waals surface area contributed by atoms with Crippen molar-refractivity contribution < 1.29 is 13.2 Å². The molecule has 0 aromatic heterocycles. The van der Waals surface area contributed by atoms with E-state index in [9.17, 15) is 13.2 Å². The molecule has 0 aromatic carbocycles. The van der Waals surface area contributed by atoms with Crippen LogP contribution in [0.5, 0.6) is 0 Å². The Bertz CT molecular complexity index is 177. The normalized spacial score (nSPS) is 33.8. The second kappa shape index (κ2) is 2.37. The standard InChI is InChI=1S/C8H12F3N/c9-8(10,11)7(3-4-7)6-2-1-5-12-6/h6,12H,1-5H2. The van der Waals surface area contributed by atoms with E-state index in [0.29, 0.717) is 19.3 Å². The van der Waals surface area contributed by atoms with Crippen LogP contribution < -0.4 is 5.32 Å². The second-order valence-electron chi connectivity index (χ2n) is 3.80. The molecule has 1 atom stereocenters. The summed E-state index contributed by atoms with van der Waals surface area (Å²) in [6.45, 7) is 0.752. The molecule has 4 heteroatoms. The van der Waals surface area contributed by atoms with E-state index in [-0.39, 0.29) is 6.04 Å². The lowest BCUT2D eigenvalue weighted by Crippen LogP contribution is -2.41. The molecule has 0 aromatic rings. The van der Waals surface area contributed by atoms with E-state index in [1.165, 1.54) is 0 Å². The van der Waals surface area contributed by atoms with Crippen LogP contribution in [0.4, 0.5) is 13.2 Å². The van der Waals surface area contributed by atoms with Crippen LogP contribution in [0.2, 0.25) is 0 Å². The van der Waals surface area contributed by atoms with Crippen LogP contribution in [-0.2, 0) is 0 Å². The maximum atomic E-state index is 12.5. The second-order valence-corrected chi connectivity index (χ2v) is 3.80. The first-order chi connectivity index (χ1) is 5.56. The van der Waals surface area contributed by atoms with E-state index in [2.05, 4.69) is 5.32 Å². The van der Waals surface area contributed by atoms with Crippen LogP contribution in [0.15, 0.2) is 0 Å². The molecule has 1 aliphatic carbocycles. The highest BCUT2D eigenvalue weighted by Gasteiger charge is 2.67. The third kappa shape index (κ3) is 1.04. The molecule has 2 rings (SSSR count). The Morgan fingerprint density at radius 2 is 1.92 bits per heavy atom. The Balaban J connectivity index is 2.10. The van der Waals surface area contributed by atoms with Crippen LogP contribution in [0, 0.1) is 5.41 Å². The van der Waals surface area contributed by atoms with Crippen LogP contribution in [-0.4, -0.2) is 18.8 Å². The molecule has 70 valence electrons. The zero-order valence-electron chi connectivity index (χ0n) is 6.75. The van der Waals surface area contributed by atoms with Gasteiger partial charge >= 0.3 is 6.18 Å². The highest BCUT2D eigenvalue weighted by molar-refractivity contribution is 5.08. The minimum Gasteiger partial charge on any atom is -0.313 e. The molecule has 1 heterocycles. The molecule has 0 bridgehead atoms. The van der Waals surface area contributed by atoms with Crippen LogP contribution >= 0.6 is 0 Å². The van der Waals surface area contributed by atoms with Crippen LogP contribution in [0.25, 0.3) is 0 Å². The highest BCUT2D eigenvalue weighted by Crippen LogP contribution is 2.61. The molecule has 0 radical (unpaired) electrons. The smallest absolute Gasteiger partial charge is 0.313 e. The first-order valence-corrected chi connectivity index (χ1v) is 4.36. The van der Waals surface area contributed by atoms with E-state index in [1.807, 2.05) is 0 Å². The predicted octanol–water partition coefficient (Wildman–Crippen LogP) is 2.08. The number of rotatable bonds is 1. The third-order valence-electron chi connectivity index (χ3n) is 3.08. The lowest BCUT2D eigenvalue weighted by atomic mass is 9.94. The average molecular weight is 179 g/mol. The Kier molecular flexibility index (Phi) is 1.65. The fourth-order valence-corrected chi connectivity index (χ4v) is 2.12. The summed E-state index contributed by atoms with van der Waals surface area (Å²) in [6.07, 6.45) is -1.75. The number of alkyl halides is 3. The fraction of sp³-hybridized carbons (Fsp3) is 1.00. The highest BCUT2D eigenvalue weighted by atomic mass is 19.4. The summed E-state index contributed by atoms with van der Waals surface area (Å²) in [4.78, 5) is 0. The van der Waals surface area contributed by atoms with Crippen molar-refractivity contribution in [3.8, 4) is 0 Å². The number of nitrogens with one attached hydrogen (secondary N) is 1. The van der Waals surface area contributed by atoms with E-state index < -0.39 is 11.6 Å². The Labute approximate surface area is 69.3 Å². The largest absolute Gasteiger partial charge is 0.395 e. The minimum atomic E-state index is -3.99. The van der Waals surface area contributed by atoms with Gasteiger partial charge in [-0.3, -0.25) is 0 Å². The van der Waals surface area contributed by atoms with Gasteiger partial charge in [0.05, 0.1) is 5.41 Å². The number of hydrogen-bond acceptors (Lipinski definition) is 1. The first-order valence-electron chi connectivity index (χ1n) is 4.36. The monoisotopic (exact) mass is 179 g/mol. The molecule has 2 fully saturated rings. The molecule has 1 nitrogen and oxygen atoms in total. The molecule has 1 saturated heterocycles. The summed E-state index contributed by atoms with van der Waals surface area (Å²) >= 11 is 0. The Morgan fingerprint density at radius 1 is 1.25 bits per heavy atom. The Hall–Kier alpha value is -0.250. The lowest BCUT2D eigenvalue weighted by Gasteiger charge is -2.25. The van der Waals surface area contributed by atoms with Gasteiger partial charge in [0.25, 0.3) is 0 Å². The fourth-order valence-electron chi connectivity index (χ4n) is 2.12. The van der Waals surface area contributed by atoms with Crippen LogP contribution in [0.3, 0.4) is 0 Å². The van der Waals surface area contributed by atoms with Gasteiger partial charge in [-0.1, -0.05) is 0 Å². The zero-order valence-corrected chi connectivity index (χ0v) is 6.75. The van der Waals surface area contributed by atoms with Crippen molar-refractivity contribution in [2.24, 2.45) is 5.41 Å². The van der Waals surface area contributed by atoms with Crippen molar-refractivity contribution in [2.75, 3.05) is 6.54 Å². The zero-order chi connectivity index (χ0) is 8.82. The van der Waals surface area contributed by atoms with Crippen molar-refractivity contribution in [3.05, 3.63) is 0 Å². The van der Waals surface area contributed by atoms with E-state index in [0.717, 1.165) is 13.0 Å². The summed E-state index contributed by atoms with van der Waals surface area (Å²) in [6, 6.07) is -0.294. The van der Waals surface area contributed by atoms with Crippen molar-refractivity contribution >= 4 is 0 Å². The first kappa shape index (κ1) is 8.35. The van der Waals surface area contributed by atoms with Gasteiger partial charge in [0.15, 0.2) is 0 Å². The molecular formula is C8H12F3N. The maximum Gasteiger partial charge on any atom is 0.395 e. The van der Waals surface area contributed by atoms with Gasteiger partial charge in [-0.2, -0.15) is 13.2 Å². The average Bonchev–Trinajstić information content (AvgIpc) is 2.61.